The van der Waals surface area contributed by atoms with Crippen LogP contribution in [-0.4, -0.2) is 48.5 Å². The Bertz CT molecular complexity index is 576. The first kappa shape index (κ1) is 14.6. The summed E-state index contributed by atoms with van der Waals surface area (Å²) in [7, 11) is -7.40. The third-order valence-corrected chi connectivity index (χ3v) is 4.52. The lowest BCUT2D eigenvalue weighted by Crippen LogP contribution is -2.09. The van der Waals surface area contributed by atoms with Gasteiger partial charge in [-0.2, -0.15) is 17.8 Å². The number of nitrogens with one attached hydrogen (secondary N) is 1. The minimum atomic E-state index is -4.00. The van der Waals surface area contributed by atoms with E-state index in [1.54, 1.807) is 0 Å². The van der Waals surface area contributed by atoms with Crippen molar-refractivity contribution in [3.63, 3.8) is 0 Å². The summed E-state index contributed by atoms with van der Waals surface area (Å²) in [6, 6.07) is 0. The molecule has 1 aromatic rings. The minimum Gasteiger partial charge on any atom is -0.286 e. The molecule has 12 heteroatoms. The molecule has 0 atom stereocenters. The summed E-state index contributed by atoms with van der Waals surface area (Å²) in [5.41, 5.74) is 0. The SMILES string of the molecule is CS(=O)(=O)Nc1nc(SCCS(=O)(=O)O)ns1. The molecule has 0 aliphatic rings. The van der Waals surface area contributed by atoms with Crippen LogP contribution < -0.4 is 4.72 Å². The zero-order valence-corrected chi connectivity index (χ0v) is 11.8. The van der Waals surface area contributed by atoms with Crippen LogP contribution in [0.15, 0.2) is 5.16 Å². The van der Waals surface area contributed by atoms with Crippen LogP contribution >= 0.6 is 23.3 Å². The number of sulfonamides is 1. The van der Waals surface area contributed by atoms with Crippen LogP contribution in [0, 0.1) is 0 Å². The summed E-state index contributed by atoms with van der Waals surface area (Å²) in [6.45, 7) is 0. The number of thioether (sulfide) groups is 1. The van der Waals surface area contributed by atoms with E-state index in [0.29, 0.717) is 0 Å². The van der Waals surface area contributed by atoms with Gasteiger partial charge < -0.3 is 0 Å². The van der Waals surface area contributed by atoms with Gasteiger partial charge in [-0.15, -0.1) is 0 Å². The van der Waals surface area contributed by atoms with Crippen LogP contribution in [0.4, 0.5) is 5.13 Å². The molecule has 0 aliphatic heterocycles. The van der Waals surface area contributed by atoms with Crippen LogP contribution in [-0.2, 0) is 20.1 Å². The lowest BCUT2D eigenvalue weighted by atomic mass is 11.0. The van der Waals surface area contributed by atoms with Crippen molar-refractivity contribution in [2.75, 3.05) is 22.5 Å². The largest absolute Gasteiger partial charge is 0.286 e. The van der Waals surface area contributed by atoms with Gasteiger partial charge in [-0.3, -0.25) is 9.27 Å². The van der Waals surface area contributed by atoms with Crippen molar-refractivity contribution in [2.45, 2.75) is 5.16 Å². The molecule has 0 saturated heterocycles. The average molecular weight is 319 g/mol. The van der Waals surface area contributed by atoms with Crippen molar-refractivity contribution in [1.82, 2.24) is 9.36 Å². The third-order valence-electron chi connectivity index (χ3n) is 1.25. The highest BCUT2D eigenvalue weighted by Crippen LogP contribution is 2.20. The molecule has 1 aromatic heterocycles. The molecule has 1 heterocycles. The molecule has 0 spiro atoms. The molecule has 0 radical (unpaired) electrons. The molecule has 0 saturated carbocycles. The Labute approximate surface area is 107 Å². The molecule has 17 heavy (non-hydrogen) atoms. The van der Waals surface area contributed by atoms with Crippen molar-refractivity contribution < 1.29 is 21.4 Å². The van der Waals surface area contributed by atoms with Gasteiger partial charge in [0, 0.05) is 17.3 Å². The predicted molar refractivity (Wildman–Crippen MR) is 65.5 cm³/mol. The number of anilines is 1. The standard InChI is InChI=1S/C5H9N3O5S4/c1-16(9,10)8-5-6-4(7-15-5)14-2-3-17(11,12)13/h2-3H2,1H3,(H,6,7,8)(H,11,12,13). The highest BCUT2D eigenvalue weighted by Gasteiger charge is 2.10. The second-order valence-corrected chi connectivity index (χ2v) is 8.03. The zero-order chi connectivity index (χ0) is 13.1. The fourth-order valence-corrected chi connectivity index (χ4v) is 3.90. The van der Waals surface area contributed by atoms with E-state index >= 15 is 0 Å². The average Bonchev–Trinajstić information content (AvgIpc) is 2.46. The number of hydrogen-bond acceptors (Lipinski definition) is 8. The molecule has 1 rings (SSSR count). The van der Waals surface area contributed by atoms with Crippen LogP contribution in [0.25, 0.3) is 0 Å². The molecule has 0 aromatic carbocycles. The Balaban J connectivity index is 2.52. The summed E-state index contributed by atoms with van der Waals surface area (Å²) in [5, 5.41) is 0.367. The Hall–Kier alpha value is -0.430. The highest BCUT2D eigenvalue weighted by atomic mass is 32.2. The van der Waals surface area contributed by atoms with E-state index in [-0.39, 0.29) is 16.0 Å². The molecule has 2 N–H and O–H groups in total. The first-order valence-corrected chi connectivity index (χ1v) is 9.31. The topological polar surface area (TPSA) is 126 Å². The number of nitrogens with zero attached hydrogens (tertiary/aromatic N) is 2. The van der Waals surface area contributed by atoms with Gasteiger partial charge in [0.15, 0.2) is 0 Å². The van der Waals surface area contributed by atoms with E-state index in [0.717, 1.165) is 29.6 Å². The Morgan fingerprint density at radius 3 is 2.59 bits per heavy atom. The molecule has 0 aliphatic carbocycles. The maximum Gasteiger partial charge on any atom is 0.265 e. The van der Waals surface area contributed by atoms with E-state index in [4.69, 9.17) is 4.55 Å². The van der Waals surface area contributed by atoms with Gasteiger partial charge in [0.1, 0.15) is 0 Å². The zero-order valence-electron chi connectivity index (χ0n) is 8.52. The van der Waals surface area contributed by atoms with Gasteiger partial charge in [-0.25, -0.2) is 8.42 Å². The maximum absolute atomic E-state index is 10.9. The molecule has 98 valence electrons. The van der Waals surface area contributed by atoms with E-state index in [2.05, 4.69) is 14.1 Å². The minimum absolute atomic E-state index is 0.0912. The second kappa shape index (κ2) is 5.48. The van der Waals surface area contributed by atoms with Crippen molar-refractivity contribution in [1.29, 1.82) is 0 Å². The Morgan fingerprint density at radius 2 is 2.06 bits per heavy atom. The Morgan fingerprint density at radius 1 is 1.41 bits per heavy atom. The maximum atomic E-state index is 10.9. The normalized spacial score (nSPS) is 12.6. The van der Waals surface area contributed by atoms with E-state index in [9.17, 15) is 16.8 Å². The molecule has 0 unspecified atom stereocenters. The van der Waals surface area contributed by atoms with Crippen LogP contribution in [0.1, 0.15) is 0 Å². The monoisotopic (exact) mass is 319 g/mol. The molecule has 0 fully saturated rings. The first-order valence-electron chi connectivity index (χ1n) is 4.05. The van der Waals surface area contributed by atoms with E-state index < -0.39 is 25.9 Å². The van der Waals surface area contributed by atoms with Gasteiger partial charge >= 0.3 is 0 Å². The lowest BCUT2D eigenvalue weighted by molar-refractivity contribution is 0.485. The predicted octanol–water partition coefficient (Wildman–Crippen LogP) is -0.111. The number of hydrogen-bond donors (Lipinski definition) is 2. The van der Waals surface area contributed by atoms with Gasteiger partial charge in [0.2, 0.25) is 20.3 Å². The van der Waals surface area contributed by atoms with Crippen molar-refractivity contribution >= 4 is 48.6 Å². The van der Waals surface area contributed by atoms with Crippen molar-refractivity contribution in [2.24, 2.45) is 0 Å². The summed E-state index contributed by atoms with van der Waals surface area (Å²) >= 11 is 1.86. The summed E-state index contributed by atoms with van der Waals surface area (Å²) in [4.78, 5) is 3.82. The molecular weight excluding hydrogens is 310 g/mol. The van der Waals surface area contributed by atoms with Crippen molar-refractivity contribution in [3.05, 3.63) is 0 Å². The fraction of sp³-hybridized carbons (Fsp3) is 0.600. The lowest BCUT2D eigenvalue weighted by Gasteiger charge is -1.96. The third kappa shape index (κ3) is 6.78. The van der Waals surface area contributed by atoms with Gasteiger partial charge in [0.25, 0.3) is 10.1 Å². The van der Waals surface area contributed by atoms with Crippen LogP contribution in [0.3, 0.4) is 0 Å². The number of aromatic nitrogens is 2. The quantitative estimate of drug-likeness (QED) is 0.549. The van der Waals surface area contributed by atoms with Gasteiger partial charge in [-0.1, -0.05) is 11.8 Å². The highest BCUT2D eigenvalue weighted by molar-refractivity contribution is 8.00. The van der Waals surface area contributed by atoms with Gasteiger partial charge in [0.05, 0.1) is 12.0 Å². The molecule has 0 bridgehead atoms. The van der Waals surface area contributed by atoms with E-state index in [1.165, 1.54) is 0 Å². The summed E-state index contributed by atoms with van der Waals surface area (Å²) in [5.74, 6) is -0.320. The van der Waals surface area contributed by atoms with Gasteiger partial charge in [-0.05, 0) is 0 Å². The number of rotatable bonds is 6. The Kier molecular flexibility index (Phi) is 4.71. The summed E-state index contributed by atoms with van der Waals surface area (Å²) in [6.07, 6.45) is 0.986. The van der Waals surface area contributed by atoms with Crippen LogP contribution in [0.2, 0.25) is 0 Å². The van der Waals surface area contributed by atoms with E-state index in [1.807, 2.05) is 0 Å². The summed E-state index contributed by atoms with van der Waals surface area (Å²) < 4.78 is 57.0. The molecule has 8 nitrogen and oxygen atoms in total. The first-order chi connectivity index (χ1) is 7.66. The van der Waals surface area contributed by atoms with Crippen LogP contribution in [0.5, 0.6) is 0 Å². The fourth-order valence-electron chi connectivity index (χ4n) is 0.707. The smallest absolute Gasteiger partial charge is 0.265 e. The second-order valence-electron chi connectivity index (χ2n) is 2.89. The molecular formula is C5H9N3O5S4. The van der Waals surface area contributed by atoms with Crippen molar-refractivity contribution in [3.8, 4) is 0 Å². The molecule has 0 amide bonds.